The van der Waals surface area contributed by atoms with E-state index in [9.17, 15) is 14.4 Å². The van der Waals surface area contributed by atoms with Crippen LogP contribution >= 0.6 is 0 Å². The number of ether oxygens (including phenoxy) is 1. The summed E-state index contributed by atoms with van der Waals surface area (Å²) >= 11 is 0. The number of benzodiazepines with no additional fused rings is 1. The SMILES string of the molecule is CN1C(=O)C(NC(=O)C(Cc2ccccc2)NC(=O)OC(C)(C)C)N=C(c2ccccc2)c2ccccc21. The second-order valence-electron chi connectivity index (χ2n) is 10.1. The maximum Gasteiger partial charge on any atom is 0.408 e. The van der Waals surface area contributed by atoms with Gasteiger partial charge in [0.05, 0.1) is 11.4 Å². The molecule has 3 amide bonds. The fraction of sp³-hybridized carbons (Fsp3) is 0.267. The summed E-state index contributed by atoms with van der Waals surface area (Å²) < 4.78 is 5.39. The number of anilines is 1. The maximum absolute atomic E-state index is 13.6. The number of carbonyl (C=O) groups is 3. The predicted octanol–water partition coefficient (Wildman–Crippen LogP) is 4.08. The van der Waals surface area contributed by atoms with Crippen LogP contribution < -0.4 is 15.5 Å². The molecule has 38 heavy (non-hydrogen) atoms. The highest BCUT2D eigenvalue weighted by molar-refractivity contribution is 6.20. The number of hydrogen-bond donors (Lipinski definition) is 2. The van der Waals surface area contributed by atoms with Gasteiger partial charge in [-0.15, -0.1) is 0 Å². The number of para-hydroxylation sites is 1. The van der Waals surface area contributed by atoms with Gasteiger partial charge in [0, 0.05) is 24.6 Å². The number of aliphatic imine (C=N–C) groups is 1. The molecule has 1 heterocycles. The Labute approximate surface area is 222 Å². The van der Waals surface area contributed by atoms with Crippen LogP contribution in [-0.2, 0) is 20.7 Å². The standard InChI is InChI=1S/C30H32N4O4/c1-30(2,3)38-29(37)31-23(19-20-13-7-5-8-14-20)27(35)33-26-28(36)34(4)24-18-12-11-17-22(24)25(32-26)21-15-9-6-10-16-21/h5-18,23,26H,19H2,1-4H3,(H,31,37)(H,33,35). The first-order chi connectivity index (χ1) is 18.1. The van der Waals surface area contributed by atoms with Crippen molar-refractivity contribution in [1.29, 1.82) is 0 Å². The highest BCUT2D eigenvalue weighted by Gasteiger charge is 2.33. The van der Waals surface area contributed by atoms with E-state index in [1.807, 2.05) is 84.9 Å². The lowest BCUT2D eigenvalue weighted by Crippen LogP contribution is -2.54. The highest BCUT2D eigenvalue weighted by Crippen LogP contribution is 2.27. The molecule has 2 N–H and O–H groups in total. The van der Waals surface area contributed by atoms with Crippen LogP contribution in [0.5, 0.6) is 0 Å². The first-order valence-corrected chi connectivity index (χ1v) is 12.5. The van der Waals surface area contributed by atoms with Gasteiger partial charge in [0.15, 0.2) is 0 Å². The van der Waals surface area contributed by atoms with Gasteiger partial charge in [-0.05, 0) is 32.4 Å². The van der Waals surface area contributed by atoms with E-state index < -0.39 is 35.7 Å². The highest BCUT2D eigenvalue weighted by atomic mass is 16.6. The molecule has 0 radical (unpaired) electrons. The van der Waals surface area contributed by atoms with Gasteiger partial charge in [-0.2, -0.15) is 0 Å². The number of fused-ring (bicyclic) bond motifs is 1. The molecule has 0 spiro atoms. The molecule has 196 valence electrons. The summed E-state index contributed by atoms with van der Waals surface area (Å²) in [5.41, 5.74) is 2.97. The molecule has 0 fully saturated rings. The number of nitrogens with one attached hydrogen (secondary N) is 2. The number of amides is 3. The number of likely N-dealkylation sites (N-methyl/N-ethyl adjacent to an activating group) is 1. The number of hydrogen-bond acceptors (Lipinski definition) is 5. The number of alkyl carbamates (subject to hydrolysis) is 1. The first-order valence-electron chi connectivity index (χ1n) is 12.5. The Morgan fingerprint density at radius 1 is 0.947 bits per heavy atom. The molecule has 8 heteroatoms. The van der Waals surface area contributed by atoms with Crippen LogP contribution in [0.2, 0.25) is 0 Å². The Balaban J connectivity index is 1.66. The van der Waals surface area contributed by atoms with Crippen molar-refractivity contribution >= 4 is 29.3 Å². The van der Waals surface area contributed by atoms with Crippen LogP contribution in [0.15, 0.2) is 89.9 Å². The van der Waals surface area contributed by atoms with Gasteiger partial charge in [-0.1, -0.05) is 78.9 Å². The molecule has 0 aliphatic carbocycles. The first kappa shape index (κ1) is 26.6. The molecule has 1 aliphatic rings. The number of carbonyl (C=O) groups excluding carboxylic acids is 3. The van der Waals surface area contributed by atoms with Crippen LogP contribution in [0.4, 0.5) is 10.5 Å². The lowest BCUT2D eigenvalue weighted by atomic mass is 10.0. The van der Waals surface area contributed by atoms with Crippen molar-refractivity contribution in [3.8, 4) is 0 Å². The Kier molecular flexibility index (Phi) is 7.90. The van der Waals surface area contributed by atoms with Crippen LogP contribution in [0.25, 0.3) is 0 Å². The van der Waals surface area contributed by atoms with E-state index in [0.717, 1.165) is 16.7 Å². The zero-order valence-electron chi connectivity index (χ0n) is 22.0. The summed E-state index contributed by atoms with van der Waals surface area (Å²) in [6.45, 7) is 5.24. The van der Waals surface area contributed by atoms with Crippen molar-refractivity contribution in [2.45, 2.75) is 45.0 Å². The molecule has 0 saturated carbocycles. The fourth-order valence-corrected chi connectivity index (χ4v) is 4.19. The Hall–Kier alpha value is -4.46. The molecular formula is C30H32N4O4. The third-order valence-corrected chi connectivity index (χ3v) is 5.96. The summed E-state index contributed by atoms with van der Waals surface area (Å²) in [6, 6.07) is 25.3. The minimum atomic E-state index is -1.20. The topological polar surface area (TPSA) is 100 Å². The molecule has 8 nitrogen and oxygen atoms in total. The van der Waals surface area contributed by atoms with Crippen molar-refractivity contribution in [3.63, 3.8) is 0 Å². The zero-order chi connectivity index (χ0) is 27.3. The van der Waals surface area contributed by atoms with Crippen molar-refractivity contribution in [2.24, 2.45) is 4.99 Å². The van der Waals surface area contributed by atoms with E-state index in [1.165, 1.54) is 4.90 Å². The number of benzene rings is 3. The molecule has 1 aliphatic heterocycles. The third-order valence-electron chi connectivity index (χ3n) is 5.96. The zero-order valence-corrected chi connectivity index (χ0v) is 22.0. The van der Waals surface area contributed by atoms with E-state index >= 15 is 0 Å². The fourth-order valence-electron chi connectivity index (χ4n) is 4.19. The van der Waals surface area contributed by atoms with Gasteiger partial charge in [-0.3, -0.25) is 9.59 Å². The molecule has 3 aromatic carbocycles. The van der Waals surface area contributed by atoms with Gasteiger partial charge in [0.2, 0.25) is 12.1 Å². The average Bonchev–Trinajstić information content (AvgIpc) is 2.99. The Morgan fingerprint density at radius 3 is 2.21 bits per heavy atom. The monoisotopic (exact) mass is 512 g/mol. The van der Waals surface area contributed by atoms with Crippen molar-refractivity contribution in [1.82, 2.24) is 10.6 Å². The van der Waals surface area contributed by atoms with Gasteiger partial charge in [-0.25, -0.2) is 9.79 Å². The van der Waals surface area contributed by atoms with E-state index in [1.54, 1.807) is 27.8 Å². The van der Waals surface area contributed by atoms with Gasteiger partial charge in [0.1, 0.15) is 11.6 Å². The Morgan fingerprint density at radius 2 is 1.55 bits per heavy atom. The summed E-state index contributed by atoms with van der Waals surface area (Å²) in [6.07, 6.45) is -1.72. The van der Waals surface area contributed by atoms with Crippen molar-refractivity contribution in [3.05, 3.63) is 102 Å². The third kappa shape index (κ3) is 6.45. The lowest BCUT2D eigenvalue weighted by Gasteiger charge is -2.25. The molecule has 3 aromatic rings. The number of nitrogens with zero attached hydrogens (tertiary/aromatic N) is 2. The lowest BCUT2D eigenvalue weighted by molar-refractivity contribution is -0.128. The minimum Gasteiger partial charge on any atom is -0.444 e. The molecule has 2 unspecified atom stereocenters. The van der Waals surface area contributed by atoms with E-state index in [0.29, 0.717) is 11.4 Å². The maximum atomic E-state index is 13.6. The second kappa shape index (κ2) is 11.3. The molecule has 4 rings (SSSR count). The average molecular weight is 513 g/mol. The summed E-state index contributed by atoms with van der Waals surface area (Å²) in [4.78, 5) is 45.9. The number of rotatable bonds is 6. The van der Waals surface area contributed by atoms with E-state index in [4.69, 9.17) is 9.73 Å². The van der Waals surface area contributed by atoms with Gasteiger partial charge in [0.25, 0.3) is 5.91 Å². The van der Waals surface area contributed by atoms with Crippen molar-refractivity contribution in [2.75, 3.05) is 11.9 Å². The quantitative estimate of drug-likeness (QED) is 0.520. The van der Waals surface area contributed by atoms with Crippen LogP contribution in [-0.4, -0.2) is 48.5 Å². The van der Waals surface area contributed by atoms with Crippen LogP contribution in [0, 0.1) is 0 Å². The second-order valence-corrected chi connectivity index (χ2v) is 10.1. The molecular weight excluding hydrogens is 480 g/mol. The largest absolute Gasteiger partial charge is 0.444 e. The van der Waals surface area contributed by atoms with Crippen LogP contribution in [0.3, 0.4) is 0 Å². The molecule has 0 aromatic heterocycles. The smallest absolute Gasteiger partial charge is 0.408 e. The van der Waals surface area contributed by atoms with E-state index in [2.05, 4.69) is 10.6 Å². The summed E-state index contributed by atoms with van der Waals surface area (Å²) in [7, 11) is 1.66. The van der Waals surface area contributed by atoms with Gasteiger partial charge >= 0.3 is 6.09 Å². The molecule has 0 bridgehead atoms. The predicted molar refractivity (Wildman–Crippen MR) is 147 cm³/mol. The van der Waals surface area contributed by atoms with Crippen LogP contribution in [0.1, 0.15) is 37.5 Å². The van der Waals surface area contributed by atoms with Gasteiger partial charge < -0.3 is 20.3 Å². The molecule has 0 saturated heterocycles. The van der Waals surface area contributed by atoms with E-state index in [-0.39, 0.29) is 6.42 Å². The normalized spacial score (nSPS) is 16.0. The molecule has 2 atom stereocenters. The Bertz CT molecular complexity index is 1330. The summed E-state index contributed by atoms with van der Waals surface area (Å²) in [5, 5.41) is 5.44. The summed E-state index contributed by atoms with van der Waals surface area (Å²) in [5.74, 6) is -0.943. The van der Waals surface area contributed by atoms with Crippen molar-refractivity contribution < 1.29 is 19.1 Å². The minimum absolute atomic E-state index is 0.206.